The second-order valence-corrected chi connectivity index (χ2v) is 9.82. The number of halogens is 6. The highest BCUT2D eigenvalue weighted by molar-refractivity contribution is 5.92. The van der Waals surface area contributed by atoms with Gasteiger partial charge in [0.15, 0.2) is 0 Å². The molecule has 0 N–H and O–H groups in total. The predicted octanol–water partition coefficient (Wildman–Crippen LogP) is 3.81. The van der Waals surface area contributed by atoms with Crippen LogP contribution in [0.3, 0.4) is 0 Å². The maximum Gasteiger partial charge on any atom is 0.434 e. The first-order valence-corrected chi connectivity index (χ1v) is 11.9. The van der Waals surface area contributed by atoms with E-state index in [0.29, 0.717) is 24.8 Å². The summed E-state index contributed by atoms with van der Waals surface area (Å²) in [6.07, 6.45) is -13.0. The summed E-state index contributed by atoms with van der Waals surface area (Å²) in [5, 5.41) is 0. The predicted molar refractivity (Wildman–Crippen MR) is 114 cm³/mol. The lowest BCUT2D eigenvalue weighted by atomic mass is 9.87. The Kier molecular flexibility index (Phi) is 6.95. The fourth-order valence-electron chi connectivity index (χ4n) is 4.97. The maximum absolute atomic E-state index is 13.4. The number of hydrogen-bond donors (Lipinski definition) is 0. The summed E-state index contributed by atoms with van der Waals surface area (Å²) in [5.74, 6) is 0.518. The van der Waals surface area contributed by atoms with Crippen molar-refractivity contribution in [2.45, 2.75) is 82.7 Å². The van der Waals surface area contributed by atoms with Gasteiger partial charge in [0.2, 0.25) is 0 Å². The van der Waals surface area contributed by atoms with Gasteiger partial charge in [0.25, 0.3) is 12.0 Å². The van der Waals surface area contributed by atoms with Gasteiger partial charge in [-0.1, -0.05) is 0 Å². The fraction of sp³-hybridized carbons (Fsp3) is 0.773. The quantitative estimate of drug-likeness (QED) is 0.547. The highest BCUT2D eigenvalue weighted by Crippen LogP contribution is 2.37. The number of rotatable bonds is 5. The van der Waals surface area contributed by atoms with Crippen molar-refractivity contribution in [1.82, 2.24) is 24.3 Å². The molecule has 8 nitrogen and oxygen atoms in total. The van der Waals surface area contributed by atoms with Crippen molar-refractivity contribution in [2.24, 2.45) is 0 Å². The zero-order valence-corrected chi connectivity index (χ0v) is 20.0. The molecule has 1 aromatic heterocycles. The third-order valence-electron chi connectivity index (χ3n) is 7.24. The molecule has 4 rings (SSSR count). The van der Waals surface area contributed by atoms with E-state index in [4.69, 9.17) is 0 Å². The highest BCUT2D eigenvalue weighted by atomic mass is 19.4. The minimum absolute atomic E-state index is 0.155. The first-order valence-electron chi connectivity index (χ1n) is 11.9. The molecule has 0 radical (unpaired) electrons. The van der Waals surface area contributed by atoms with Crippen LogP contribution in [0.15, 0.2) is 6.20 Å². The standard InChI is InChI=1S/C22H29F6N5O3/c1-3-33(17(34)15-12-32-11-10-31(14-4-5-14)13-16(32)29-15)20(2)6-8-30(9-7-20)19(35)36-18(21(23,24)25)22(26,27)28/h12,14,18H,3-11,13H2,1-2H3. The molecule has 3 aliphatic rings. The van der Waals surface area contributed by atoms with E-state index in [0.717, 1.165) is 23.8 Å². The molecule has 1 aromatic rings. The topological polar surface area (TPSA) is 70.9 Å². The molecular weight excluding hydrogens is 496 g/mol. The summed E-state index contributed by atoms with van der Waals surface area (Å²) in [4.78, 5) is 34.8. The number of likely N-dealkylation sites (tertiary alicyclic amines) is 1. The summed E-state index contributed by atoms with van der Waals surface area (Å²) in [6.45, 7) is 5.89. The van der Waals surface area contributed by atoms with Crippen molar-refractivity contribution in [1.29, 1.82) is 0 Å². The van der Waals surface area contributed by atoms with Crippen LogP contribution in [0.4, 0.5) is 31.1 Å². The number of amides is 2. The molecule has 202 valence electrons. The number of ether oxygens (including phenoxy) is 1. The number of carbonyl (C=O) groups is 2. The van der Waals surface area contributed by atoms with E-state index in [-0.39, 0.29) is 31.8 Å². The van der Waals surface area contributed by atoms with Crippen LogP contribution in [0.25, 0.3) is 0 Å². The van der Waals surface area contributed by atoms with Crippen LogP contribution < -0.4 is 0 Å². The molecule has 1 aliphatic carbocycles. The van der Waals surface area contributed by atoms with Gasteiger partial charge in [-0.2, -0.15) is 26.3 Å². The Labute approximate surface area is 204 Å². The molecule has 0 spiro atoms. The van der Waals surface area contributed by atoms with Gasteiger partial charge in [-0.15, -0.1) is 0 Å². The minimum Gasteiger partial charge on any atom is -0.426 e. The normalized spacial score (nSPS) is 20.9. The smallest absolute Gasteiger partial charge is 0.426 e. The van der Waals surface area contributed by atoms with Crippen molar-refractivity contribution < 1.29 is 40.7 Å². The lowest BCUT2D eigenvalue weighted by Crippen LogP contribution is -2.57. The van der Waals surface area contributed by atoms with E-state index in [1.165, 1.54) is 12.8 Å². The molecule has 1 saturated heterocycles. The van der Waals surface area contributed by atoms with E-state index < -0.39 is 30.1 Å². The average Bonchev–Trinajstić information content (AvgIpc) is 3.54. The average molecular weight is 525 g/mol. The van der Waals surface area contributed by atoms with E-state index in [2.05, 4.69) is 14.6 Å². The number of carbonyl (C=O) groups excluding carboxylic acids is 2. The monoisotopic (exact) mass is 525 g/mol. The third kappa shape index (κ3) is 5.42. The van der Waals surface area contributed by atoms with Gasteiger partial charge in [0.1, 0.15) is 11.5 Å². The first kappa shape index (κ1) is 26.6. The largest absolute Gasteiger partial charge is 0.434 e. The Hall–Kier alpha value is -2.51. The van der Waals surface area contributed by atoms with E-state index in [9.17, 15) is 35.9 Å². The molecule has 0 unspecified atom stereocenters. The Morgan fingerprint density at radius 1 is 1.11 bits per heavy atom. The van der Waals surface area contributed by atoms with Gasteiger partial charge in [-0.05, 0) is 39.5 Å². The van der Waals surface area contributed by atoms with E-state index in [1.807, 2.05) is 4.57 Å². The molecule has 1 saturated carbocycles. The van der Waals surface area contributed by atoms with Gasteiger partial charge >= 0.3 is 18.4 Å². The zero-order valence-electron chi connectivity index (χ0n) is 20.0. The van der Waals surface area contributed by atoms with Crippen molar-refractivity contribution in [2.75, 3.05) is 26.2 Å². The molecule has 0 atom stereocenters. The molecular formula is C22H29F6N5O3. The van der Waals surface area contributed by atoms with Gasteiger partial charge in [0, 0.05) is 50.5 Å². The Balaban J connectivity index is 1.39. The number of fused-ring (bicyclic) bond motifs is 1. The zero-order chi connectivity index (χ0) is 26.5. The van der Waals surface area contributed by atoms with Crippen LogP contribution in [0, 0.1) is 0 Å². The van der Waals surface area contributed by atoms with Crippen molar-refractivity contribution in [3.05, 3.63) is 17.7 Å². The summed E-state index contributed by atoms with van der Waals surface area (Å²) in [5.41, 5.74) is -0.467. The number of piperidine rings is 1. The Bertz CT molecular complexity index is 968. The molecule has 2 aliphatic heterocycles. The molecule has 2 amide bonds. The number of alkyl halides is 6. The minimum atomic E-state index is -5.77. The van der Waals surface area contributed by atoms with Gasteiger partial charge in [-0.25, -0.2) is 9.78 Å². The second-order valence-electron chi connectivity index (χ2n) is 9.82. The van der Waals surface area contributed by atoms with Crippen LogP contribution >= 0.6 is 0 Å². The Morgan fingerprint density at radius 2 is 1.72 bits per heavy atom. The lowest BCUT2D eigenvalue weighted by molar-refractivity contribution is -0.308. The number of hydrogen-bond acceptors (Lipinski definition) is 5. The molecule has 3 heterocycles. The number of nitrogens with zero attached hydrogens (tertiary/aromatic N) is 5. The first-order chi connectivity index (χ1) is 16.7. The maximum atomic E-state index is 13.4. The van der Waals surface area contributed by atoms with Gasteiger partial charge < -0.3 is 19.1 Å². The highest BCUT2D eigenvalue weighted by Gasteiger charge is 2.60. The molecule has 36 heavy (non-hydrogen) atoms. The van der Waals surface area contributed by atoms with Crippen LogP contribution in [0.5, 0.6) is 0 Å². The van der Waals surface area contributed by atoms with Crippen LogP contribution in [0.2, 0.25) is 0 Å². The van der Waals surface area contributed by atoms with Crippen LogP contribution in [0.1, 0.15) is 55.8 Å². The van der Waals surface area contributed by atoms with Crippen LogP contribution in [-0.2, 0) is 17.8 Å². The van der Waals surface area contributed by atoms with Crippen molar-refractivity contribution in [3.8, 4) is 0 Å². The lowest BCUT2D eigenvalue weighted by Gasteiger charge is -2.46. The van der Waals surface area contributed by atoms with Crippen LogP contribution in [-0.4, -0.2) is 92.5 Å². The molecule has 0 aromatic carbocycles. The van der Waals surface area contributed by atoms with Gasteiger partial charge in [0.05, 0.1) is 6.54 Å². The SMILES string of the molecule is CCN(C(=O)c1cn2c(n1)CN(C1CC1)CC2)C1(C)CCN(C(=O)OC(C(F)(F)F)C(F)(F)F)CC1. The van der Waals surface area contributed by atoms with E-state index in [1.54, 1.807) is 24.9 Å². The summed E-state index contributed by atoms with van der Waals surface area (Å²) < 4.78 is 82.3. The second kappa shape index (κ2) is 9.42. The van der Waals surface area contributed by atoms with Crippen molar-refractivity contribution in [3.63, 3.8) is 0 Å². The third-order valence-corrected chi connectivity index (χ3v) is 7.24. The van der Waals surface area contributed by atoms with Gasteiger partial charge in [-0.3, -0.25) is 9.69 Å². The van der Waals surface area contributed by atoms with Crippen molar-refractivity contribution >= 4 is 12.0 Å². The molecule has 0 bridgehead atoms. The number of imidazole rings is 1. The Morgan fingerprint density at radius 3 is 2.25 bits per heavy atom. The molecule has 2 fully saturated rings. The summed E-state index contributed by atoms with van der Waals surface area (Å²) in [7, 11) is 0. The summed E-state index contributed by atoms with van der Waals surface area (Å²) >= 11 is 0. The van der Waals surface area contributed by atoms with E-state index >= 15 is 0 Å². The fourth-order valence-corrected chi connectivity index (χ4v) is 4.97. The summed E-state index contributed by atoms with van der Waals surface area (Å²) in [6, 6.07) is 0.583. The molecule has 14 heteroatoms. The number of aromatic nitrogens is 2.